The highest BCUT2D eigenvalue weighted by Crippen LogP contribution is 2.24. The molecule has 5 nitrogen and oxygen atoms in total. The van der Waals surface area contributed by atoms with Gasteiger partial charge in [0, 0.05) is 31.2 Å². The Morgan fingerprint density at radius 2 is 2.00 bits per heavy atom. The van der Waals surface area contributed by atoms with E-state index in [2.05, 4.69) is 0 Å². The maximum atomic E-state index is 12.6. The lowest BCUT2D eigenvalue weighted by Gasteiger charge is -2.26. The molecule has 0 aliphatic carbocycles. The number of nitrogens with zero attached hydrogens (tertiary/aromatic N) is 2. The van der Waals surface area contributed by atoms with Crippen LogP contribution in [-0.4, -0.2) is 47.1 Å². The SMILES string of the molecule is CC(O)CC1CCCN1C(=O)Cc1ccc(N2CCCC2=O)cc1. The van der Waals surface area contributed by atoms with Crippen LogP contribution in [0.2, 0.25) is 0 Å². The van der Waals surface area contributed by atoms with Gasteiger partial charge in [-0.25, -0.2) is 0 Å². The summed E-state index contributed by atoms with van der Waals surface area (Å²) in [5.74, 6) is 0.306. The summed E-state index contributed by atoms with van der Waals surface area (Å²) < 4.78 is 0. The Balaban J connectivity index is 1.61. The molecule has 1 aromatic carbocycles. The normalized spacial score (nSPS) is 22.2. The molecule has 2 aliphatic rings. The summed E-state index contributed by atoms with van der Waals surface area (Å²) in [5, 5.41) is 9.59. The minimum absolute atomic E-state index is 0.128. The maximum absolute atomic E-state index is 12.6. The smallest absolute Gasteiger partial charge is 0.227 e. The molecule has 5 heteroatoms. The summed E-state index contributed by atoms with van der Waals surface area (Å²) in [6.45, 7) is 3.35. The van der Waals surface area contributed by atoms with Crippen molar-refractivity contribution in [2.24, 2.45) is 0 Å². The van der Waals surface area contributed by atoms with Crippen molar-refractivity contribution in [2.45, 2.75) is 57.6 Å². The molecule has 2 unspecified atom stereocenters. The minimum atomic E-state index is -0.374. The maximum Gasteiger partial charge on any atom is 0.227 e. The summed E-state index contributed by atoms with van der Waals surface area (Å²) >= 11 is 0. The van der Waals surface area contributed by atoms with E-state index in [1.54, 1.807) is 6.92 Å². The van der Waals surface area contributed by atoms with Gasteiger partial charge in [0.15, 0.2) is 0 Å². The molecule has 2 atom stereocenters. The van der Waals surface area contributed by atoms with Crippen molar-refractivity contribution in [3.63, 3.8) is 0 Å². The molecule has 2 saturated heterocycles. The van der Waals surface area contributed by atoms with Crippen LogP contribution in [0.15, 0.2) is 24.3 Å². The summed E-state index contributed by atoms with van der Waals surface area (Å²) in [6, 6.07) is 7.92. The second kappa shape index (κ2) is 7.34. The number of rotatable bonds is 5. The van der Waals surface area contributed by atoms with E-state index in [1.807, 2.05) is 34.1 Å². The zero-order valence-electron chi connectivity index (χ0n) is 14.3. The standard InChI is InChI=1S/C19H26N2O3/c1-14(22)12-17-4-2-10-21(17)19(24)13-15-6-8-16(9-7-15)20-11-3-5-18(20)23/h6-9,14,17,22H,2-5,10-13H2,1H3. The van der Waals surface area contributed by atoms with E-state index >= 15 is 0 Å². The molecule has 2 heterocycles. The van der Waals surface area contributed by atoms with Gasteiger partial charge in [0.1, 0.15) is 0 Å². The number of hydrogen-bond acceptors (Lipinski definition) is 3. The van der Waals surface area contributed by atoms with Crippen LogP contribution in [0.5, 0.6) is 0 Å². The summed E-state index contributed by atoms with van der Waals surface area (Å²) in [7, 11) is 0. The molecule has 2 fully saturated rings. The molecule has 3 rings (SSSR count). The summed E-state index contributed by atoms with van der Waals surface area (Å²) in [5.41, 5.74) is 1.89. The largest absolute Gasteiger partial charge is 0.393 e. The molecule has 1 N–H and O–H groups in total. The molecule has 130 valence electrons. The third-order valence-corrected chi connectivity index (χ3v) is 4.99. The Labute approximate surface area is 143 Å². The second-order valence-electron chi connectivity index (χ2n) is 6.96. The molecule has 2 aliphatic heterocycles. The highest BCUT2D eigenvalue weighted by molar-refractivity contribution is 5.95. The van der Waals surface area contributed by atoms with E-state index < -0.39 is 0 Å². The van der Waals surface area contributed by atoms with Gasteiger partial charge in [-0.2, -0.15) is 0 Å². The second-order valence-corrected chi connectivity index (χ2v) is 6.96. The van der Waals surface area contributed by atoms with Crippen LogP contribution in [0.25, 0.3) is 0 Å². The Bertz CT molecular complexity index is 597. The van der Waals surface area contributed by atoms with Crippen LogP contribution in [0.3, 0.4) is 0 Å². The van der Waals surface area contributed by atoms with E-state index in [0.29, 0.717) is 19.3 Å². The number of hydrogen-bond donors (Lipinski definition) is 1. The van der Waals surface area contributed by atoms with Crippen molar-refractivity contribution < 1.29 is 14.7 Å². The van der Waals surface area contributed by atoms with Crippen molar-refractivity contribution in [1.29, 1.82) is 0 Å². The van der Waals surface area contributed by atoms with Gasteiger partial charge in [0.25, 0.3) is 0 Å². The van der Waals surface area contributed by atoms with Crippen molar-refractivity contribution in [3.8, 4) is 0 Å². The van der Waals surface area contributed by atoms with E-state index in [1.165, 1.54) is 0 Å². The first kappa shape index (κ1) is 17.0. The molecule has 0 saturated carbocycles. The lowest BCUT2D eigenvalue weighted by Crippen LogP contribution is -2.38. The Kier molecular flexibility index (Phi) is 5.19. The predicted octanol–water partition coefficient (Wildman–Crippen LogP) is 2.12. The number of carbonyl (C=O) groups is 2. The Hall–Kier alpha value is -1.88. The van der Waals surface area contributed by atoms with E-state index in [0.717, 1.165) is 43.6 Å². The summed E-state index contributed by atoms with van der Waals surface area (Å²) in [4.78, 5) is 28.1. The van der Waals surface area contributed by atoms with Crippen LogP contribution in [-0.2, 0) is 16.0 Å². The van der Waals surface area contributed by atoms with Crippen molar-refractivity contribution in [2.75, 3.05) is 18.0 Å². The lowest BCUT2D eigenvalue weighted by molar-refractivity contribution is -0.131. The number of likely N-dealkylation sites (tertiary alicyclic amines) is 1. The van der Waals surface area contributed by atoms with Gasteiger partial charge in [-0.05, 0) is 50.3 Å². The summed E-state index contributed by atoms with van der Waals surface area (Å²) in [6.07, 6.45) is 4.19. The Morgan fingerprint density at radius 1 is 1.25 bits per heavy atom. The molecule has 0 aromatic heterocycles. The molecular formula is C19H26N2O3. The number of aliphatic hydroxyl groups excluding tert-OH is 1. The van der Waals surface area contributed by atoms with Crippen molar-refractivity contribution in [3.05, 3.63) is 29.8 Å². The van der Waals surface area contributed by atoms with Gasteiger partial charge >= 0.3 is 0 Å². The van der Waals surface area contributed by atoms with Gasteiger partial charge in [-0.15, -0.1) is 0 Å². The van der Waals surface area contributed by atoms with Crippen LogP contribution < -0.4 is 4.90 Å². The zero-order chi connectivity index (χ0) is 17.1. The average molecular weight is 330 g/mol. The molecule has 0 radical (unpaired) electrons. The number of aliphatic hydroxyl groups is 1. The topological polar surface area (TPSA) is 60.9 Å². The fourth-order valence-electron chi connectivity index (χ4n) is 3.79. The number of carbonyl (C=O) groups excluding carboxylic acids is 2. The fraction of sp³-hybridized carbons (Fsp3) is 0.579. The third-order valence-electron chi connectivity index (χ3n) is 4.99. The van der Waals surface area contributed by atoms with Crippen LogP contribution in [0, 0.1) is 0 Å². The van der Waals surface area contributed by atoms with Gasteiger partial charge in [-0.3, -0.25) is 9.59 Å². The lowest BCUT2D eigenvalue weighted by atomic mass is 10.1. The number of benzene rings is 1. The van der Waals surface area contributed by atoms with Gasteiger partial charge < -0.3 is 14.9 Å². The predicted molar refractivity (Wildman–Crippen MR) is 92.8 cm³/mol. The number of anilines is 1. The average Bonchev–Trinajstić information content (AvgIpc) is 3.16. The van der Waals surface area contributed by atoms with Crippen LogP contribution >= 0.6 is 0 Å². The highest BCUT2D eigenvalue weighted by atomic mass is 16.3. The fourth-order valence-corrected chi connectivity index (χ4v) is 3.79. The van der Waals surface area contributed by atoms with Gasteiger partial charge in [0.2, 0.25) is 11.8 Å². The third kappa shape index (κ3) is 3.78. The van der Waals surface area contributed by atoms with Crippen LogP contribution in [0.4, 0.5) is 5.69 Å². The quantitative estimate of drug-likeness (QED) is 0.899. The van der Waals surface area contributed by atoms with Gasteiger partial charge in [-0.1, -0.05) is 12.1 Å². The van der Waals surface area contributed by atoms with E-state index in [4.69, 9.17) is 0 Å². The molecule has 0 spiro atoms. The highest BCUT2D eigenvalue weighted by Gasteiger charge is 2.29. The first-order valence-corrected chi connectivity index (χ1v) is 8.91. The first-order valence-electron chi connectivity index (χ1n) is 8.91. The van der Waals surface area contributed by atoms with E-state index in [-0.39, 0.29) is 24.0 Å². The van der Waals surface area contributed by atoms with E-state index in [9.17, 15) is 14.7 Å². The first-order chi connectivity index (χ1) is 11.5. The minimum Gasteiger partial charge on any atom is -0.393 e. The van der Waals surface area contributed by atoms with Crippen molar-refractivity contribution >= 4 is 17.5 Å². The Morgan fingerprint density at radius 3 is 2.62 bits per heavy atom. The van der Waals surface area contributed by atoms with Crippen LogP contribution in [0.1, 0.15) is 44.6 Å². The molecular weight excluding hydrogens is 304 g/mol. The molecule has 24 heavy (non-hydrogen) atoms. The monoisotopic (exact) mass is 330 g/mol. The van der Waals surface area contributed by atoms with Crippen molar-refractivity contribution in [1.82, 2.24) is 4.90 Å². The molecule has 0 bridgehead atoms. The molecule has 2 amide bonds. The molecule has 1 aromatic rings. The number of amides is 2. The zero-order valence-corrected chi connectivity index (χ0v) is 14.3. The van der Waals surface area contributed by atoms with Gasteiger partial charge in [0.05, 0.1) is 12.5 Å².